The predicted molar refractivity (Wildman–Crippen MR) is 91.3 cm³/mol. The zero-order valence-corrected chi connectivity index (χ0v) is 13.8. The molecule has 0 aliphatic carbocycles. The quantitative estimate of drug-likeness (QED) is 0.795. The highest BCUT2D eigenvalue weighted by Crippen LogP contribution is 2.29. The number of aromatic nitrogens is 1. The first-order valence-electron chi connectivity index (χ1n) is 8.15. The number of nitrogens with zero attached hydrogens (tertiary/aromatic N) is 1. The Balaban J connectivity index is 1.60. The molecule has 5 nitrogen and oxygen atoms in total. The van der Waals surface area contributed by atoms with E-state index in [9.17, 15) is 0 Å². The minimum atomic E-state index is 0.281. The van der Waals surface area contributed by atoms with Crippen LogP contribution in [-0.4, -0.2) is 44.6 Å². The van der Waals surface area contributed by atoms with Gasteiger partial charge in [-0.15, -0.1) is 0 Å². The topological polar surface area (TPSA) is 52.6 Å². The first-order chi connectivity index (χ1) is 11.3. The maximum Gasteiger partial charge on any atom is 0.145 e. The molecule has 1 aliphatic rings. The summed E-state index contributed by atoms with van der Waals surface area (Å²) in [5.41, 5.74) is 2.91. The Morgan fingerprint density at radius 1 is 1.39 bits per heavy atom. The second-order valence-corrected chi connectivity index (χ2v) is 5.80. The Morgan fingerprint density at radius 2 is 2.30 bits per heavy atom. The van der Waals surface area contributed by atoms with Crippen molar-refractivity contribution in [2.45, 2.75) is 25.9 Å². The van der Waals surface area contributed by atoms with E-state index < -0.39 is 0 Å². The van der Waals surface area contributed by atoms with Gasteiger partial charge in [-0.2, -0.15) is 0 Å². The number of fused-ring (bicyclic) bond motifs is 1. The Kier molecular flexibility index (Phi) is 5.31. The predicted octanol–water partition coefficient (Wildman–Crippen LogP) is 3.16. The lowest BCUT2D eigenvalue weighted by Gasteiger charge is -2.14. The van der Waals surface area contributed by atoms with Crippen LogP contribution in [0.4, 0.5) is 5.69 Å². The van der Waals surface area contributed by atoms with Crippen molar-refractivity contribution in [1.82, 2.24) is 4.98 Å². The number of ether oxygens (including phenoxy) is 3. The van der Waals surface area contributed by atoms with Crippen LogP contribution in [0.2, 0.25) is 0 Å². The molecule has 2 aromatic rings. The van der Waals surface area contributed by atoms with Crippen molar-refractivity contribution in [1.29, 1.82) is 0 Å². The molecule has 1 aromatic carbocycles. The van der Waals surface area contributed by atoms with Crippen molar-refractivity contribution < 1.29 is 14.2 Å². The van der Waals surface area contributed by atoms with Gasteiger partial charge in [0.05, 0.1) is 26.4 Å². The fourth-order valence-electron chi connectivity index (χ4n) is 2.91. The minimum absolute atomic E-state index is 0.281. The second-order valence-electron chi connectivity index (χ2n) is 5.80. The van der Waals surface area contributed by atoms with Gasteiger partial charge < -0.3 is 19.5 Å². The number of anilines is 1. The Bertz CT molecular complexity index is 654. The van der Waals surface area contributed by atoms with Crippen molar-refractivity contribution in [2.75, 3.05) is 38.8 Å². The lowest BCUT2D eigenvalue weighted by Crippen LogP contribution is -2.18. The van der Waals surface area contributed by atoms with Crippen LogP contribution >= 0.6 is 0 Å². The molecule has 0 radical (unpaired) electrons. The van der Waals surface area contributed by atoms with Gasteiger partial charge in [-0.05, 0) is 31.9 Å². The van der Waals surface area contributed by atoms with E-state index in [4.69, 9.17) is 14.2 Å². The summed E-state index contributed by atoms with van der Waals surface area (Å²) < 4.78 is 16.7. The van der Waals surface area contributed by atoms with E-state index in [2.05, 4.69) is 22.4 Å². The Morgan fingerprint density at radius 3 is 3.09 bits per heavy atom. The standard InChI is InChI=1S/C18H24N2O3/c1-13-11-16(15-6-3-7-17(21-2)18(15)20-13)19-8-10-22-12-14-5-4-9-23-14/h3,6-7,11,14H,4-5,8-10,12H2,1-2H3,(H,19,20). The van der Waals surface area contributed by atoms with Gasteiger partial charge in [0.25, 0.3) is 0 Å². The molecule has 5 heteroatoms. The number of nitrogens with one attached hydrogen (secondary N) is 1. The van der Waals surface area contributed by atoms with Crippen molar-refractivity contribution in [2.24, 2.45) is 0 Å². The molecule has 2 heterocycles. The fourth-order valence-corrected chi connectivity index (χ4v) is 2.91. The number of methoxy groups -OCH3 is 1. The maximum atomic E-state index is 5.70. The molecule has 124 valence electrons. The van der Waals surface area contributed by atoms with E-state index in [1.165, 1.54) is 0 Å². The second kappa shape index (κ2) is 7.62. The van der Waals surface area contributed by atoms with Crippen LogP contribution < -0.4 is 10.1 Å². The molecule has 0 saturated carbocycles. The molecule has 1 fully saturated rings. The third kappa shape index (κ3) is 3.92. The summed E-state index contributed by atoms with van der Waals surface area (Å²) >= 11 is 0. The van der Waals surface area contributed by atoms with E-state index in [1.54, 1.807) is 7.11 Å². The van der Waals surface area contributed by atoms with Gasteiger partial charge >= 0.3 is 0 Å². The van der Waals surface area contributed by atoms with E-state index in [0.717, 1.165) is 54.0 Å². The van der Waals surface area contributed by atoms with Crippen molar-refractivity contribution in [3.05, 3.63) is 30.0 Å². The van der Waals surface area contributed by atoms with Gasteiger partial charge in [-0.25, -0.2) is 4.98 Å². The summed E-state index contributed by atoms with van der Waals surface area (Å²) in [5.74, 6) is 0.795. The van der Waals surface area contributed by atoms with Gasteiger partial charge in [0.1, 0.15) is 11.3 Å². The van der Waals surface area contributed by atoms with Gasteiger partial charge in [0.2, 0.25) is 0 Å². The Labute approximate surface area is 137 Å². The number of hydrogen-bond acceptors (Lipinski definition) is 5. The van der Waals surface area contributed by atoms with Crippen LogP contribution in [0.15, 0.2) is 24.3 Å². The zero-order valence-electron chi connectivity index (χ0n) is 13.8. The van der Waals surface area contributed by atoms with Gasteiger partial charge in [0, 0.05) is 29.9 Å². The molecular formula is C18H24N2O3. The van der Waals surface area contributed by atoms with Gasteiger partial charge in [-0.1, -0.05) is 12.1 Å². The lowest BCUT2D eigenvalue weighted by atomic mass is 10.1. The molecular weight excluding hydrogens is 292 g/mol. The Hall–Kier alpha value is -1.85. The molecule has 0 bridgehead atoms. The summed E-state index contributed by atoms with van der Waals surface area (Å²) in [6.45, 7) is 4.96. The largest absolute Gasteiger partial charge is 0.494 e. The number of hydrogen-bond donors (Lipinski definition) is 1. The number of rotatable bonds is 7. The fraction of sp³-hybridized carbons (Fsp3) is 0.500. The summed E-state index contributed by atoms with van der Waals surface area (Å²) in [7, 11) is 1.67. The van der Waals surface area contributed by atoms with Crippen molar-refractivity contribution in [3.63, 3.8) is 0 Å². The molecule has 1 unspecified atom stereocenters. The first-order valence-corrected chi connectivity index (χ1v) is 8.15. The average Bonchev–Trinajstić information content (AvgIpc) is 3.07. The number of pyridine rings is 1. The summed E-state index contributed by atoms with van der Waals surface area (Å²) in [6, 6.07) is 8.03. The van der Waals surface area contributed by atoms with Crippen molar-refractivity contribution >= 4 is 16.6 Å². The highest BCUT2D eigenvalue weighted by molar-refractivity contribution is 5.95. The highest BCUT2D eigenvalue weighted by Gasteiger charge is 2.15. The third-order valence-electron chi connectivity index (χ3n) is 4.04. The van der Waals surface area contributed by atoms with Crippen LogP contribution in [0, 0.1) is 6.92 Å². The SMILES string of the molecule is COc1cccc2c(NCCOCC3CCCO3)cc(C)nc12. The van der Waals surface area contributed by atoms with E-state index in [1.807, 2.05) is 19.1 Å². The minimum Gasteiger partial charge on any atom is -0.494 e. The summed E-state index contributed by atoms with van der Waals surface area (Å²) in [6.07, 6.45) is 2.54. The lowest BCUT2D eigenvalue weighted by molar-refractivity contribution is 0.0206. The smallest absolute Gasteiger partial charge is 0.145 e. The van der Waals surface area contributed by atoms with Crippen LogP contribution in [0.1, 0.15) is 18.5 Å². The van der Waals surface area contributed by atoms with E-state index >= 15 is 0 Å². The third-order valence-corrected chi connectivity index (χ3v) is 4.04. The number of para-hydroxylation sites is 1. The molecule has 0 spiro atoms. The highest BCUT2D eigenvalue weighted by atomic mass is 16.5. The molecule has 1 aliphatic heterocycles. The molecule has 3 rings (SSSR count). The molecule has 1 N–H and O–H groups in total. The van der Waals surface area contributed by atoms with Crippen LogP contribution in [-0.2, 0) is 9.47 Å². The maximum absolute atomic E-state index is 5.70. The molecule has 23 heavy (non-hydrogen) atoms. The molecule has 1 atom stereocenters. The summed E-state index contributed by atoms with van der Waals surface area (Å²) in [5, 5.41) is 4.51. The zero-order chi connectivity index (χ0) is 16.1. The van der Waals surface area contributed by atoms with Crippen LogP contribution in [0.3, 0.4) is 0 Å². The molecule has 1 aromatic heterocycles. The molecule has 1 saturated heterocycles. The van der Waals surface area contributed by atoms with Crippen molar-refractivity contribution in [3.8, 4) is 5.75 Å². The average molecular weight is 316 g/mol. The first kappa shape index (κ1) is 16.0. The van der Waals surface area contributed by atoms with Gasteiger partial charge in [-0.3, -0.25) is 0 Å². The normalized spacial score (nSPS) is 17.6. The van der Waals surface area contributed by atoms with E-state index in [0.29, 0.717) is 13.2 Å². The number of benzene rings is 1. The van der Waals surface area contributed by atoms with Crippen LogP contribution in [0.25, 0.3) is 10.9 Å². The monoisotopic (exact) mass is 316 g/mol. The summed E-state index contributed by atoms with van der Waals surface area (Å²) in [4.78, 5) is 4.59. The van der Waals surface area contributed by atoms with Gasteiger partial charge in [0.15, 0.2) is 0 Å². The van der Waals surface area contributed by atoms with E-state index in [-0.39, 0.29) is 6.10 Å². The number of aryl methyl sites for hydroxylation is 1. The van der Waals surface area contributed by atoms with Crippen LogP contribution in [0.5, 0.6) is 5.75 Å². The molecule has 0 amide bonds.